The first kappa shape index (κ1) is 14.1. The van der Waals surface area contributed by atoms with Gasteiger partial charge in [-0.2, -0.15) is 13.5 Å². The molecule has 9 heteroatoms. The topological polar surface area (TPSA) is 102 Å². The summed E-state index contributed by atoms with van der Waals surface area (Å²) in [6, 6.07) is 0. The molecule has 21 heavy (non-hydrogen) atoms. The molecule has 3 heterocycles. The molecule has 0 saturated carbocycles. The van der Waals surface area contributed by atoms with E-state index in [0.717, 1.165) is 32.6 Å². The monoisotopic (exact) mass is 311 g/mol. The molecule has 114 valence electrons. The van der Waals surface area contributed by atoms with Gasteiger partial charge in [0.1, 0.15) is 0 Å². The summed E-state index contributed by atoms with van der Waals surface area (Å²) in [6.07, 6.45) is 7.80. The fraction of sp³-hybridized carbons (Fsp3) is 0.500. The van der Waals surface area contributed by atoms with Gasteiger partial charge in [0, 0.05) is 26.0 Å². The molecule has 0 unspecified atom stereocenters. The summed E-state index contributed by atoms with van der Waals surface area (Å²) >= 11 is 0. The van der Waals surface area contributed by atoms with E-state index in [9.17, 15) is 8.42 Å². The highest BCUT2D eigenvalue weighted by atomic mass is 32.2. The van der Waals surface area contributed by atoms with Gasteiger partial charge in [-0.1, -0.05) is 0 Å². The highest BCUT2D eigenvalue weighted by Gasteiger charge is 2.18. The van der Waals surface area contributed by atoms with Gasteiger partial charge in [0.15, 0.2) is 5.03 Å². The average molecular weight is 311 g/mol. The molecule has 0 aliphatic carbocycles. The van der Waals surface area contributed by atoms with Gasteiger partial charge in [-0.25, -0.2) is 4.98 Å². The Bertz CT molecular complexity index is 674. The van der Waals surface area contributed by atoms with E-state index in [0.29, 0.717) is 11.6 Å². The first-order chi connectivity index (χ1) is 10.1. The van der Waals surface area contributed by atoms with Gasteiger partial charge in [-0.3, -0.25) is 9.40 Å². The van der Waals surface area contributed by atoms with E-state index >= 15 is 0 Å². The molecule has 8 nitrogen and oxygen atoms in total. The van der Waals surface area contributed by atoms with Crippen LogP contribution < -0.4 is 4.72 Å². The van der Waals surface area contributed by atoms with Gasteiger partial charge in [0.2, 0.25) is 0 Å². The van der Waals surface area contributed by atoms with Crippen molar-refractivity contribution in [1.29, 1.82) is 0 Å². The highest BCUT2D eigenvalue weighted by molar-refractivity contribution is 7.92. The largest absolute Gasteiger partial charge is 0.381 e. The predicted molar refractivity (Wildman–Crippen MR) is 75.2 cm³/mol. The van der Waals surface area contributed by atoms with E-state index < -0.39 is 10.0 Å². The van der Waals surface area contributed by atoms with Crippen molar-refractivity contribution in [3.8, 4) is 0 Å². The number of ether oxygens (including phenoxy) is 1. The number of imidazole rings is 1. The maximum absolute atomic E-state index is 12.0. The van der Waals surface area contributed by atoms with Crippen molar-refractivity contribution < 1.29 is 13.2 Å². The van der Waals surface area contributed by atoms with Crippen LogP contribution in [0.3, 0.4) is 0 Å². The van der Waals surface area contributed by atoms with Crippen LogP contribution in [0.1, 0.15) is 12.8 Å². The first-order valence-corrected chi connectivity index (χ1v) is 8.23. The standard InChI is InChI=1S/C12H17N5O3S/c18-21(19,12-6-13-9-14-12)16-11-5-15-17(8-11)7-10-1-3-20-4-2-10/h5-6,8-10,16H,1-4,7H2,(H,13,14). The van der Waals surface area contributed by atoms with E-state index in [4.69, 9.17) is 4.74 Å². The molecule has 1 aliphatic heterocycles. The van der Waals surface area contributed by atoms with E-state index in [1.807, 2.05) is 0 Å². The second kappa shape index (κ2) is 5.86. The van der Waals surface area contributed by atoms with Crippen molar-refractivity contribution in [2.75, 3.05) is 17.9 Å². The number of rotatable bonds is 5. The van der Waals surface area contributed by atoms with Crippen LogP contribution >= 0.6 is 0 Å². The van der Waals surface area contributed by atoms with Crippen LogP contribution in [0.25, 0.3) is 0 Å². The molecule has 0 atom stereocenters. The fourth-order valence-electron chi connectivity index (χ4n) is 2.31. The Hall–Kier alpha value is -1.87. The third-order valence-electron chi connectivity index (χ3n) is 3.43. The van der Waals surface area contributed by atoms with E-state index in [1.54, 1.807) is 10.9 Å². The SMILES string of the molecule is O=S(=O)(Nc1cnn(CC2CCOCC2)c1)c1cnc[nH]1. The normalized spacial score (nSPS) is 17.0. The van der Waals surface area contributed by atoms with Crippen LogP contribution in [0.15, 0.2) is 29.9 Å². The van der Waals surface area contributed by atoms with Gasteiger partial charge in [-0.15, -0.1) is 0 Å². The van der Waals surface area contributed by atoms with Crippen molar-refractivity contribution >= 4 is 15.7 Å². The number of anilines is 1. The molecule has 1 aliphatic rings. The zero-order valence-electron chi connectivity index (χ0n) is 11.4. The molecular weight excluding hydrogens is 294 g/mol. The molecule has 2 aromatic heterocycles. The Morgan fingerprint density at radius 1 is 1.38 bits per heavy atom. The number of nitrogens with zero attached hydrogens (tertiary/aromatic N) is 3. The molecule has 0 amide bonds. The smallest absolute Gasteiger partial charge is 0.279 e. The van der Waals surface area contributed by atoms with Crippen molar-refractivity contribution in [2.24, 2.45) is 5.92 Å². The lowest BCUT2D eigenvalue weighted by molar-refractivity contribution is 0.0601. The third-order valence-corrected chi connectivity index (χ3v) is 4.74. The maximum atomic E-state index is 12.0. The molecular formula is C12H17N5O3S. The van der Waals surface area contributed by atoms with Crippen molar-refractivity contribution in [3.05, 3.63) is 24.9 Å². The summed E-state index contributed by atoms with van der Waals surface area (Å²) in [5, 5.41) is 4.23. The molecule has 2 aromatic rings. The Balaban J connectivity index is 1.65. The van der Waals surface area contributed by atoms with E-state index in [2.05, 4.69) is 19.8 Å². The van der Waals surface area contributed by atoms with Crippen LogP contribution in [0.4, 0.5) is 5.69 Å². The van der Waals surface area contributed by atoms with Crippen molar-refractivity contribution in [3.63, 3.8) is 0 Å². The molecule has 0 aromatic carbocycles. The fourth-order valence-corrected chi connectivity index (χ4v) is 3.24. The summed E-state index contributed by atoms with van der Waals surface area (Å²) in [5.41, 5.74) is 0.441. The number of sulfonamides is 1. The molecule has 0 spiro atoms. The average Bonchev–Trinajstić information content (AvgIpc) is 3.11. The summed E-state index contributed by atoms with van der Waals surface area (Å²) in [6.45, 7) is 2.34. The second-order valence-corrected chi connectivity index (χ2v) is 6.68. The minimum Gasteiger partial charge on any atom is -0.381 e. The minimum atomic E-state index is -3.63. The number of aromatic nitrogens is 4. The third kappa shape index (κ3) is 3.42. The zero-order valence-corrected chi connectivity index (χ0v) is 12.2. The lowest BCUT2D eigenvalue weighted by atomic mass is 10.0. The Morgan fingerprint density at radius 2 is 2.19 bits per heavy atom. The number of H-pyrrole nitrogens is 1. The van der Waals surface area contributed by atoms with Gasteiger partial charge >= 0.3 is 0 Å². The zero-order chi connectivity index (χ0) is 14.7. The first-order valence-electron chi connectivity index (χ1n) is 6.75. The van der Waals surface area contributed by atoms with Gasteiger partial charge in [0.05, 0.1) is 24.4 Å². The number of hydrogen-bond acceptors (Lipinski definition) is 5. The second-order valence-electron chi connectivity index (χ2n) is 5.03. The van der Waals surface area contributed by atoms with Gasteiger partial charge in [-0.05, 0) is 18.8 Å². The molecule has 0 radical (unpaired) electrons. The quantitative estimate of drug-likeness (QED) is 0.851. The van der Waals surface area contributed by atoms with Crippen LogP contribution in [0.5, 0.6) is 0 Å². The lowest BCUT2D eigenvalue weighted by Crippen LogP contribution is -2.20. The highest BCUT2D eigenvalue weighted by Crippen LogP contribution is 2.18. The summed E-state index contributed by atoms with van der Waals surface area (Å²) in [4.78, 5) is 6.27. The molecule has 0 bridgehead atoms. The minimum absolute atomic E-state index is 0.0275. The Kier molecular flexibility index (Phi) is 3.93. The summed E-state index contributed by atoms with van der Waals surface area (Å²) in [5.74, 6) is 0.524. The molecule has 1 fully saturated rings. The number of hydrogen-bond donors (Lipinski definition) is 2. The lowest BCUT2D eigenvalue weighted by Gasteiger charge is -2.21. The maximum Gasteiger partial charge on any atom is 0.279 e. The van der Waals surface area contributed by atoms with Crippen LogP contribution in [0, 0.1) is 5.92 Å². The van der Waals surface area contributed by atoms with E-state index in [-0.39, 0.29) is 5.03 Å². The van der Waals surface area contributed by atoms with Crippen LogP contribution in [-0.2, 0) is 21.3 Å². The van der Waals surface area contributed by atoms with Crippen molar-refractivity contribution in [2.45, 2.75) is 24.4 Å². The van der Waals surface area contributed by atoms with Gasteiger partial charge in [0.25, 0.3) is 10.0 Å². The van der Waals surface area contributed by atoms with E-state index in [1.165, 1.54) is 18.7 Å². The molecule has 1 saturated heterocycles. The number of nitrogens with one attached hydrogen (secondary N) is 2. The number of aromatic amines is 1. The predicted octanol–water partition coefficient (Wildman–Crippen LogP) is 0.834. The molecule has 3 rings (SSSR count). The molecule has 2 N–H and O–H groups in total. The van der Waals surface area contributed by atoms with Crippen LogP contribution in [-0.4, -0.2) is 41.4 Å². The Labute approximate surface area is 122 Å². The van der Waals surface area contributed by atoms with Crippen molar-refractivity contribution in [1.82, 2.24) is 19.7 Å². The summed E-state index contributed by atoms with van der Waals surface area (Å²) in [7, 11) is -3.63. The Morgan fingerprint density at radius 3 is 2.90 bits per heavy atom. The summed E-state index contributed by atoms with van der Waals surface area (Å²) < 4.78 is 33.6. The van der Waals surface area contributed by atoms with Gasteiger partial charge < -0.3 is 9.72 Å². The van der Waals surface area contributed by atoms with Crippen LogP contribution in [0.2, 0.25) is 0 Å².